The summed E-state index contributed by atoms with van der Waals surface area (Å²) in [4.78, 5) is 25.6. The Kier molecular flexibility index (Phi) is 8.14. The molecule has 34 heavy (non-hydrogen) atoms. The molecule has 0 spiro atoms. The van der Waals surface area contributed by atoms with Crippen molar-refractivity contribution >= 4 is 29.2 Å². The van der Waals surface area contributed by atoms with E-state index in [0.29, 0.717) is 22.6 Å². The van der Waals surface area contributed by atoms with E-state index >= 15 is 0 Å². The fourth-order valence-electron chi connectivity index (χ4n) is 3.64. The van der Waals surface area contributed by atoms with Crippen LogP contribution in [0.2, 0.25) is 0 Å². The van der Waals surface area contributed by atoms with E-state index in [2.05, 4.69) is 0 Å². The van der Waals surface area contributed by atoms with Gasteiger partial charge in [-0.3, -0.25) is 4.79 Å². The van der Waals surface area contributed by atoms with Gasteiger partial charge >= 0.3 is 12.1 Å². The molecule has 10 heteroatoms. The molecule has 2 aromatic rings. The standard InChI is InChI=1S/C24H24F3NO5S/c1-32-17-9-7-15(8-10-17)13-34-14-19(24(25,26)27)22(29)28-12-16(11-20(28)23(30)31)18-5-3-4-6-21(18)33-2/h3-11,19-20H,12-14H2,1-2H3,(H,30,31)/t19-,20?/m0/s1. The molecule has 0 fully saturated rings. The number of para-hydroxylation sites is 1. The van der Waals surface area contributed by atoms with Gasteiger partial charge in [-0.25, -0.2) is 4.79 Å². The van der Waals surface area contributed by atoms with E-state index in [4.69, 9.17) is 9.47 Å². The second-order valence-electron chi connectivity index (χ2n) is 7.60. The number of halogens is 3. The van der Waals surface area contributed by atoms with Gasteiger partial charge in [0.25, 0.3) is 0 Å². The molecule has 0 aromatic heterocycles. The minimum Gasteiger partial charge on any atom is -0.497 e. The lowest BCUT2D eigenvalue weighted by Crippen LogP contribution is -2.48. The molecular formula is C24H24F3NO5S. The smallest absolute Gasteiger partial charge is 0.401 e. The third kappa shape index (κ3) is 5.85. The molecule has 1 amide bonds. The number of carbonyl (C=O) groups excluding carboxylic acids is 1. The molecule has 1 aliphatic rings. The number of aliphatic carboxylic acids is 1. The largest absolute Gasteiger partial charge is 0.497 e. The van der Waals surface area contributed by atoms with E-state index in [0.717, 1.165) is 22.2 Å². The number of rotatable bonds is 9. The summed E-state index contributed by atoms with van der Waals surface area (Å²) in [5, 5.41) is 9.61. The Balaban J connectivity index is 1.76. The van der Waals surface area contributed by atoms with Gasteiger partial charge in [0.05, 0.1) is 14.2 Å². The van der Waals surface area contributed by atoms with E-state index in [-0.39, 0.29) is 12.3 Å². The quantitative estimate of drug-likeness (QED) is 0.552. The highest BCUT2D eigenvalue weighted by Crippen LogP contribution is 2.36. The van der Waals surface area contributed by atoms with Gasteiger partial charge < -0.3 is 19.5 Å². The molecule has 0 aliphatic carbocycles. The van der Waals surface area contributed by atoms with Crippen LogP contribution in [0, 0.1) is 5.92 Å². The number of amides is 1. The Morgan fingerprint density at radius 1 is 1.12 bits per heavy atom. The molecule has 2 atom stereocenters. The zero-order chi connectivity index (χ0) is 24.9. The van der Waals surface area contributed by atoms with Crippen LogP contribution in [0.25, 0.3) is 5.57 Å². The van der Waals surface area contributed by atoms with E-state index in [1.165, 1.54) is 20.3 Å². The molecular weight excluding hydrogens is 471 g/mol. The van der Waals surface area contributed by atoms with Crippen molar-refractivity contribution in [2.45, 2.75) is 18.0 Å². The normalized spacial score (nSPS) is 16.7. The Morgan fingerprint density at radius 3 is 2.38 bits per heavy atom. The zero-order valence-corrected chi connectivity index (χ0v) is 19.4. The average Bonchev–Trinajstić information content (AvgIpc) is 3.27. The van der Waals surface area contributed by atoms with Crippen LogP contribution >= 0.6 is 11.8 Å². The first-order valence-corrected chi connectivity index (χ1v) is 11.5. The van der Waals surface area contributed by atoms with Crippen molar-refractivity contribution in [3.8, 4) is 11.5 Å². The van der Waals surface area contributed by atoms with Gasteiger partial charge in [-0.1, -0.05) is 30.3 Å². The van der Waals surface area contributed by atoms with E-state index in [1.54, 1.807) is 48.5 Å². The Labute approximate surface area is 199 Å². The van der Waals surface area contributed by atoms with Crippen molar-refractivity contribution in [1.82, 2.24) is 4.90 Å². The maximum absolute atomic E-state index is 13.9. The van der Waals surface area contributed by atoms with Crippen molar-refractivity contribution in [3.63, 3.8) is 0 Å². The maximum atomic E-state index is 13.9. The lowest BCUT2D eigenvalue weighted by Gasteiger charge is -2.28. The molecule has 182 valence electrons. The molecule has 0 saturated carbocycles. The van der Waals surface area contributed by atoms with Crippen LogP contribution in [0.1, 0.15) is 11.1 Å². The minimum absolute atomic E-state index is 0.258. The summed E-state index contributed by atoms with van der Waals surface area (Å²) in [6, 6.07) is 12.1. The number of ether oxygens (including phenoxy) is 2. The monoisotopic (exact) mass is 495 g/mol. The fourth-order valence-corrected chi connectivity index (χ4v) is 4.76. The van der Waals surface area contributed by atoms with Gasteiger partial charge in [-0.05, 0) is 35.4 Å². The third-order valence-electron chi connectivity index (χ3n) is 5.43. The van der Waals surface area contributed by atoms with E-state index in [1.807, 2.05) is 0 Å². The van der Waals surface area contributed by atoms with Gasteiger partial charge in [0, 0.05) is 23.6 Å². The third-order valence-corrected chi connectivity index (χ3v) is 6.54. The molecule has 0 saturated heterocycles. The van der Waals surface area contributed by atoms with Gasteiger partial charge in [-0.15, -0.1) is 0 Å². The second-order valence-corrected chi connectivity index (χ2v) is 8.63. The number of carbonyl (C=O) groups is 2. The topological polar surface area (TPSA) is 76.1 Å². The van der Waals surface area contributed by atoms with Crippen LogP contribution in [0.3, 0.4) is 0 Å². The van der Waals surface area contributed by atoms with Crippen molar-refractivity contribution in [2.24, 2.45) is 5.92 Å². The van der Waals surface area contributed by atoms with Crippen molar-refractivity contribution in [1.29, 1.82) is 0 Å². The average molecular weight is 496 g/mol. The van der Waals surface area contributed by atoms with Crippen LogP contribution < -0.4 is 9.47 Å². The number of methoxy groups -OCH3 is 2. The molecule has 1 N–H and O–H groups in total. The minimum atomic E-state index is -4.82. The number of benzene rings is 2. The van der Waals surface area contributed by atoms with Gasteiger partial charge in [0.15, 0.2) is 0 Å². The Bertz CT molecular complexity index is 1060. The maximum Gasteiger partial charge on any atom is 0.401 e. The number of hydrogen-bond donors (Lipinski definition) is 1. The fraction of sp³-hybridized carbons (Fsp3) is 0.333. The van der Waals surface area contributed by atoms with Crippen molar-refractivity contribution in [2.75, 3.05) is 26.5 Å². The molecule has 0 bridgehead atoms. The summed E-state index contributed by atoms with van der Waals surface area (Å²) in [7, 11) is 2.95. The number of alkyl halides is 3. The summed E-state index contributed by atoms with van der Waals surface area (Å²) in [6.45, 7) is -0.258. The first kappa shape index (κ1) is 25.5. The summed E-state index contributed by atoms with van der Waals surface area (Å²) in [6.07, 6.45) is -3.52. The van der Waals surface area contributed by atoms with Crippen LogP contribution in [0.5, 0.6) is 11.5 Å². The highest BCUT2D eigenvalue weighted by atomic mass is 32.2. The van der Waals surface area contributed by atoms with E-state index in [9.17, 15) is 27.9 Å². The van der Waals surface area contributed by atoms with Crippen molar-refractivity contribution in [3.05, 3.63) is 65.7 Å². The number of hydrogen-bond acceptors (Lipinski definition) is 5. The summed E-state index contributed by atoms with van der Waals surface area (Å²) >= 11 is 0.962. The van der Waals surface area contributed by atoms with Crippen LogP contribution in [0.15, 0.2) is 54.6 Å². The first-order valence-electron chi connectivity index (χ1n) is 10.3. The molecule has 1 unspecified atom stereocenters. The van der Waals surface area contributed by atoms with Crippen LogP contribution in [0.4, 0.5) is 13.2 Å². The highest BCUT2D eigenvalue weighted by molar-refractivity contribution is 7.98. The van der Waals surface area contributed by atoms with Crippen LogP contribution in [-0.2, 0) is 15.3 Å². The molecule has 6 nitrogen and oxygen atoms in total. The summed E-state index contributed by atoms with van der Waals surface area (Å²) in [5.74, 6) is -4.19. The zero-order valence-electron chi connectivity index (χ0n) is 18.5. The highest BCUT2D eigenvalue weighted by Gasteiger charge is 2.49. The Morgan fingerprint density at radius 2 is 1.79 bits per heavy atom. The number of thioether (sulfide) groups is 1. The van der Waals surface area contributed by atoms with Gasteiger partial charge in [-0.2, -0.15) is 24.9 Å². The second kappa shape index (κ2) is 10.9. The predicted octanol–water partition coefficient (Wildman–Crippen LogP) is 4.49. The molecule has 2 aromatic carbocycles. The molecule has 0 radical (unpaired) electrons. The van der Waals surface area contributed by atoms with Gasteiger partial charge in [0.1, 0.15) is 23.5 Å². The lowest BCUT2D eigenvalue weighted by atomic mass is 10.1. The summed E-state index contributed by atoms with van der Waals surface area (Å²) in [5.41, 5.74) is 1.73. The SMILES string of the molecule is COc1ccc(CSC[C@@H](C(=O)N2CC(c3ccccc3OC)=CC2C(=O)O)C(F)(F)F)cc1. The number of carboxylic acid groups (broad SMARTS) is 1. The number of carboxylic acids is 1. The number of nitrogens with zero attached hydrogens (tertiary/aromatic N) is 1. The summed E-state index contributed by atoms with van der Waals surface area (Å²) < 4.78 is 51.9. The van der Waals surface area contributed by atoms with Crippen LogP contribution in [-0.4, -0.2) is 60.6 Å². The predicted molar refractivity (Wildman–Crippen MR) is 123 cm³/mol. The first-order chi connectivity index (χ1) is 16.2. The molecule has 1 heterocycles. The van der Waals surface area contributed by atoms with E-state index < -0.39 is 35.8 Å². The lowest BCUT2D eigenvalue weighted by molar-refractivity contribution is -0.186. The molecule has 1 aliphatic heterocycles. The molecule has 3 rings (SSSR count). The Hall–Kier alpha value is -3.14. The van der Waals surface area contributed by atoms with Crippen molar-refractivity contribution < 1.29 is 37.3 Å². The van der Waals surface area contributed by atoms with Gasteiger partial charge in [0.2, 0.25) is 5.91 Å².